The van der Waals surface area contributed by atoms with E-state index in [1.807, 2.05) is 6.08 Å². The predicted octanol–water partition coefficient (Wildman–Crippen LogP) is 3.30. The van der Waals surface area contributed by atoms with Crippen molar-refractivity contribution < 1.29 is 9.84 Å². The predicted molar refractivity (Wildman–Crippen MR) is 65.0 cm³/mol. The van der Waals surface area contributed by atoms with Crippen molar-refractivity contribution in [1.82, 2.24) is 0 Å². The summed E-state index contributed by atoms with van der Waals surface area (Å²) in [6, 6.07) is 0. The van der Waals surface area contributed by atoms with E-state index >= 15 is 0 Å². The van der Waals surface area contributed by atoms with Crippen molar-refractivity contribution in [3.05, 3.63) is 11.6 Å². The second-order valence-corrected chi connectivity index (χ2v) is 4.45. The number of methoxy groups -OCH3 is 1. The Morgan fingerprint density at radius 3 is 2.53 bits per heavy atom. The highest BCUT2D eigenvalue weighted by Crippen LogP contribution is 2.22. The highest BCUT2D eigenvalue weighted by Gasteiger charge is 2.19. The van der Waals surface area contributed by atoms with E-state index in [1.165, 1.54) is 18.4 Å². The van der Waals surface area contributed by atoms with Crippen molar-refractivity contribution in [1.29, 1.82) is 0 Å². The average molecular weight is 214 g/mol. The van der Waals surface area contributed by atoms with E-state index < -0.39 is 0 Å². The first-order chi connectivity index (χ1) is 7.08. The highest BCUT2D eigenvalue weighted by atomic mass is 16.5. The van der Waals surface area contributed by atoms with Crippen LogP contribution in [0.4, 0.5) is 0 Å². The Balaban J connectivity index is 3.66. The Bertz CT molecular complexity index is 181. The highest BCUT2D eigenvalue weighted by molar-refractivity contribution is 4.97. The minimum Gasteiger partial charge on any atom is -0.392 e. The van der Waals surface area contributed by atoms with Gasteiger partial charge in [0.15, 0.2) is 0 Å². The summed E-state index contributed by atoms with van der Waals surface area (Å²) in [4.78, 5) is 0. The third-order valence-corrected chi connectivity index (χ3v) is 3.21. The minimum absolute atomic E-state index is 0.0502. The lowest BCUT2D eigenvalue weighted by Gasteiger charge is -2.26. The molecule has 0 amide bonds. The Labute approximate surface area is 94.3 Å². The van der Waals surface area contributed by atoms with Gasteiger partial charge in [-0.1, -0.05) is 25.0 Å². The van der Waals surface area contributed by atoms with Crippen molar-refractivity contribution in [2.75, 3.05) is 13.7 Å². The molecule has 90 valence electrons. The molecular formula is C13H26O2. The van der Waals surface area contributed by atoms with Gasteiger partial charge in [-0.15, -0.1) is 0 Å². The zero-order valence-corrected chi connectivity index (χ0v) is 10.7. The Morgan fingerprint density at radius 2 is 2.07 bits per heavy atom. The Morgan fingerprint density at radius 1 is 1.40 bits per heavy atom. The molecule has 0 aromatic rings. The van der Waals surface area contributed by atoms with Gasteiger partial charge in [0.1, 0.15) is 0 Å². The number of hydrogen-bond acceptors (Lipinski definition) is 2. The number of ether oxygens (including phenoxy) is 1. The normalized spacial score (nSPS) is 16.5. The molecule has 0 bridgehead atoms. The van der Waals surface area contributed by atoms with E-state index in [1.54, 1.807) is 7.11 Å². The molecule has 0 aliphatic rings. The van der Waals surface area contributed by atoms with Crippen molar-refractivity contribution in [3.8, 4) is 0 Å². The lowest BCUT2D eigenvalue weighted by molar-refractivity contribution is -0.00606. The van der Waals surface area contributed by atoms with Crippen LogP contribution in [0.15, 0.2) is 11.6 Å². The van der Waals surface area contributed by atoms with Crippen LogP contribution in [0, 0.1) is 0 Å². The number of unbranched alkanes of at least 4 members (excludes halogenated alkanes) is 1. The van der Waals surface area contributed by atoms with Crippen LogP contribution in [0.1, 0.15) is 52.9 Å². The molecule has 1 unspecified atom stereocenters. The second-order valence-electron chi connectivity index (χ2n) is 4.45. The monoisotopic (exact) mass is 214 g/mol. The van der Waals surface area contributed by atoms with Gasteiger partial charge in [-0.2, -0.15) is 0 Å². The van der Waals surface area contributed by atoms with Gasteiger partial charge in [-0.25, -0.2) is 0 Å². The van der Waals surface area contributed by atoms with E-state index in [0.29, 0.717) is 0 Å². The fraction of sp³-hybridized carbons (Fsp3) is 0.846. The molecule has 1 N–H and O–H groups in total. The molecule has 2 heteroatoms. The van der Waals surface area contributed by atoms with Crippen LogP contribution >= 0.6 is 0 Å². The molecule has 0 aromatic heterocycles. The summed E-state index contributed by atoms with van der Waals surface area (Å²) in [7, 11) is 1.79. The van der Waals surface area contributed by atoms with Gasteiger partial charge in [-0.05, 0) is 39.5 Å². The van der Waals surface area contributed by atoms with Crippen LogP contribution in [0.2, 0.25) is 0 Å². The largest absolute Gasteiger partial charge is 0.392 e. The maximum absolute atomic E-state index is 8.70. The second kappa shape index (κ2) is 7.89. The quantitative estimate of drug-likeness (QED) is 0.496. The first-order valence-corrected chi connectivity index (χ1v) is 5.89. The van der Waals surface area contributed by atoms with Gasteiger partial charge < -0.3 is 9.84 Å². The van der Waals surface area contributed by atoms with Crippen LogP contribution in [0.3, 0.4) is 0 Å². The summed E-state index contributed by atoms with van der Waals surface area (Å²) in [5.41, 5.74) is 1.34. The summed E-state index contributed by atoms with van der Waals surface area (Å²) >= 11 is 0. The summed E-state index contributed by atoms with van der Waals surface area (Å²) in [5.74, 6) is 0. The van der Waals surface area contributed by atoms with E-state index in [-0.39, 0.29) is 12.2 Å². The number of aliphatic hydroxyl groups excluding tert-OH is 1. The van der Waals surface area contributed by atoms with Gasteiger partial charge in [0.25, 0.3) is 0 Å². The van der Waals surface area contributed by atoms with Gasteiger partial charge in [0.05, 0.1) is 12.2 Å². The van der Waals surface area contributed by atoms with E-state index in [0.717, 1.165) is 19.3 Å². The number of aliphatic hydroxyl groups is 1. The zero-order chi connectivity index (χ0) is 11.7. The summed E-state index contributed by atoms with van der Waals surface area (Å²) < 4.78 is 5.49. The molecule has 0 aromatic carbocycles. The van der Waals surface area contributed by atoms with E-state index in [2.05, 4.69) is 20.8 Å². The fourth-order valence-electron chi connectivity index (χ4n) is 1.58. The average Bonchev–Trinajstić information content (AvgIpc) is 2.24. The third kappa shape index (κ3) is 6.69. The molecule has 0 spiro atoms. The Kier molecular flexibility index (Phi) is 7.71. The smallest absolute Gasteiger partial charge is 0.0648 e. The molecule has 0 fully saturated rings. The SMILES string of the molecule is CCC(C)(CCCC/C(C)=C/CO)OC. The molecule has 2 nitrogen and oxygen atoms in total. The molecule has 0 heterocycles. The summed E-state index contributed by atoms with van der Waals surface area (Å²) in [6.45, 7) is 6.58. The van der Waals surface area contributed by atoms with Gasteiger partial charge in [0.2, 0.25) is 0 Å². The van der Waals surface area contributed by atoms with Crippen LogP contribution in [-0.2, 0) is 4.74 Å². The standard InChI is InChI=1S/C13H26O2/c1-5-13(3,15-4)10-7-6-8-12(2)9-11-14/h9,14H,5-8,10-11H2,1-4H3/b12-9+. The summed E-state index contributed by atoms with van der Waals surface area (Å²) in [6.07, 6.45) is 7.52. The maximum atomic E-state index is 8.70. The van der Waals surface area contributed by atoms with Crippen molar-refractivity contribution in [2.24, 2.45) is 0 Å². The lowest BCUT2D eigenvalue weighted by Crippen LogP contribution is -2.25. The molecule has 0 rings (SSSR count). The summed E-state index contributed by atoms with van der Waals surface area (Å²) in [5, 5.41) is 8.70. The van der Waals surface area contributed by atoms with Crippen molar-refractivity contribution in [2.45, 2.75) is 58.5 Å². The topological polar surface area (TPSA) is 29.5 Å². The number of allylic oxidation sites excluding steroid dienone is 1. The number of rotatable bonds is 8. The minimum atomic E-state index is 0.0502. The lowest BCUT2D eigenvalue weighted by atomic mass is 9.94. The van der Waals surface area contributed by atoms with E-state index in [9.17, 15) is 0 Å². The first-order valence-electron chi connectivity index (χ1n) is 5.89. The van der Waals surface area contributed by atoms with Crippen LogP contribution in [0.25, 0.3) is 0 Å². The van der Waals surface area contributed by atoms with Crippen LogP contribution in [0.5, 0.6) is 0 Å². The molecule has 0 aliphatic carbocycles. The molecule has 1 atom stereocenters. The van der Waals surface area contributed by atoms with Gasteiger partial charge in [0, 0.05) is 7.11 Å². The van der Waals surface area contributed by atoms with Crippen molar-refractivity contribution in [3.63, 3.8) is 0 Å². The van der Waals surface area contributed by atoms with Crippen LogP contribution < -0.4 is 0 Å². The maximum Gasteiger partial charge on any atom is 0.0648 e. The van der Waals surface area contributed by atoms with E-state index in [4.69, 9.17) is 9.84 Å². The molecule has 0 aliphatic heterocycles. The third-order valence-electron chi connectivity index (χ3n) is 3.21. The van der Waals surface area contributed by atoms with Crippen molar-refractivity contribution >= 4 is 0 Å². The molecular weight excluding hydrogens is 188 g/mol. The molecule has 0 radical (unpaired) electrons. The molecule has 0 saturated carbocycles. The zero-order valence-electron chi connectivity index (χ0n) is 10.7. The van der Waals surface area contributed by atoms with Crippen LogP contribution in [-0.4, -0.2) is 24.4 Å². The molecule has 0 saturated heterocycles. The molecule has 15 heavy (non-hydrogen) atoms. The fourth-order valence-corrected chi connectivity index (χ4v) is 1.58. The first kappa shape index (κ1) is 14.7. The Hall–Kier alpha value is -0.340. The number of hydrogen-bond donors (Lipinski definition) is 1. The van der Waals surface area contributed by atoms with Gasteiger partial charge >= 0.3 is 0 Å². The van der Waals surface area contributed by atoms with Gasteiger partial charge in [-0.3, -0.25) is 0 Å².